The van der Waals surface area contributed by atoms with Crippen LogP contribution in [0.2, 0.25) is 0 Å². The number of para-hydroxylation sites is 1. The lowest BCUT2D eigenvalue weighted by Gasteiger charge is -2.19. The second kappa shape index (κ2) is 7.39. The van der Waals surface area contributed by atoms with Crippen molar-refractivity contribution >= 4 is 11.6 Å². The molecule has 132 valence electrons. The molecule has 0 atom stereocenters. The Hall–Kier alpha value is -3.15. The number of pyridine rings is 1. The van der Waals surface area contributed by atoms with Crippen molar-refractivity contribution in [3.63, 3.8) is 0 Å². The van der Waals surface area contributed by atoms with Gasteiger partial charge in [-0.1, -0.05) is 18.2 Å². The van der Waals surface area contributed by atoms with Crippen molar-refractivity contribution in [2.75, 3.05) is 24.5 Å². The Morgan fingerprint density at radius 3 is 2.92 bits per heavy atom. The monoisotopic (exact) mass is 347 g/mol. The third-order valence-corrected chi connectivity index (χ3v) is 4.67. The van der Waals surface area contributed by atoms with Crippen molar-refractivity contribution in [1.82, 2.24) is 20.5 Å². The zero-order valence-corrected chi connectivity index (χ0v) is 14.5. The summed E-state index contributed by atoms with van der Waals surface area (Å²) in [7, 11) is 0. The van der Waals surface area contributed by atoms with Crippen molar-refractivity contribution in [2.45, 2.75) is 12.8 Å². The number of fused-ring (bicyclic) bond motifs is 1. The van der Waals surface area contributed by atoms with Crippen LogP contribution in [0.25, 0.3) is 11.3 Å². The molecule has 0 spiro atoms. The van der Waals surface area contributed by atoms with Gasteiger partial charge in [0.15, 0.2) is 0 Å². The van der Waals surface area contributed by atoms with Crippen LogP contribution in [0, 0.1) is 0 Å². The maximum atomic E-state index is 12.3. The van der Waals surface area contributed by atoms with Crippen LogP contribution >= 0.6 is 0 Å². The minimum Gasteiger partial charge on any atom is -0.371 e. The summed E-state index contributed by atoms with van der Waals surface area (Å²) in [5, 5.41) is 9.97. The van der Waals surface area contributed by atoms with E-state index in [2.05, 4.69) is 49.7 Å². The van der Waals surface area contributed by atoms with Gasteiger partial charge in [0.25, 0.3) is 5.91 Å². The molecule has 6 nitrogen and oxygen atoms in total. The molecule has 1 aromatic carbocycles. The molecule has 1 aliphatic heterocycles. The lowest BCUT2D eigenvalue weighted by Crippen LogP contribution is -2.29. The number of amides is 1. The summed E-state index contributed by atoms with van der Waals surface area (Å²) in [6.45, 7) is 2.65. The number of nitrogens with zero attached hydrogens (tertiary/aromatic N) is 3. The highest BCUT2D eigenvalue weighted by Crippen LogP contribution is 2.27. The number of benzene rings is 1. The minimum absolute atomic E-state index is 0.125. The maximum absolute atomic E-state index is 12.3. The predicted molar refractivity (Wildman–Crippen MR) is 101 cm³/mol. The van der Waals surface area contributed by atoms with Crippen LogP contribution in [0.15, 0.2) is 54.9 Å². The van der Waals surface area contributed by atoms with Gasteiger partial charge in [-0.05, 0) is 42.7 Å². The van der Waals surface area contributed by atoms with E-state index in [1.807, 2.05) is 12.1 Å². The van der Waals surface area contributed by atoms with Crippen LogP contribution in [0.5, 0.6) is 0 Å². The Bertz CT molecular complexity index is 890. The number of carbonyl (C=O) groups excluding carboxylic acids is 1. The summed E-state index contributed by atoms with van der Waals surface area (Å²) < 4.78 is 0. The van der Waals surface area contributed by atoms with Crippen LogP contribution in [-0.4, -0.2) is 40.7 Å². The quantitative estimate of drug-likeness (QED) is 0.672. The number of rotatable bonds is 6. The molecule has 0 fully saturated rings. The van der Waals surface area contributed by atoms with Crippen molar-refractivity contribution in [3.05, 3.63) is 66.1 Å². The summed E-state index contributed by atoms with van der Waals surface area (Å²) in [5.74, 6) is -0.125. The first-order valence-electron chi connectivity index (χ1n) is 8.88. The van der Waals surface area contributed by atoms with E-state index < -0.39 is 0 Å². The van der Waals surface area contributed by atoms with E-state index in [1.165, 1.54) is 11.3 Å². The maximum Gasteiger partial charge on any atom is 0.269 e. The molecule has 1 amide bonds. The normalized spacial score (nSPS) is 12.8. The Balaban J connectivity index is 1.27. The van der Waals surface area contributed by atoms with Crippen molar-refractivity contribution in [1.29, 1.82) is 0 Å². The van der Waals surface area contributed by atoms with Gasteiger partial charge in [0.2, 0.25) is 0 Å². The molecule has 26 heavy (non-hydrogen) atoms. The van der Waals surface area contributed by atoms with E-state index in [1.54, 1.807) is 18.5 Å². The first-order chi connectivity index (χ1) is 12.8. The van der Waals surface area contributed by atoms with Gasteiger partial charge in [0.1, 0.15) is 5.69 Å². The fourth-order valence-electron chi connectivity index (χ4n) is 3.31. The fourth-order valence-corrected chi connectivity index (χ4v) is 3.31. The number of aromatic nitrogens is 3. The van der Waals surface area contributed by atoms with E-state index in [4.69, 9.17) is 0 Å². The van der Waals surface area contributed by atoms with Crippen LogP contribution in [0.1, 0.15) is 22.5 Å². The van der Waals surface area contributed by atoms with E-state index in [9.17, 15) is 4.79 Å². The number of aromatic amines is 1. The van der Waals surface area contributed by atoms with Gasteiger partial charge in [-0.15, -0.1) is 0 Å². The molecule has 1 aliphatic rings. The van der Waals surface area contributed by atoms with Crippen molar-refractivity contribution < 1.29 is 4.79 Å². The zero-order chi connectivity index (χ0) is 17.8. The molecule has 2 aromatic heterocycles. The number of hydrogen-bond donors (Lipinski definition) is 2. The molecule has 0 radical (unpaired) electrons. The van der Waals surface area contributed by atoms with Crippen molar-refractivity contribution in [2.24, 2.45) is 0 Å². The second-order valence-corrected chi connectivity index (χ2v) is 6.38. The number of nitrogens with one attached hydrogen (secondary N) is 2. The molecule has 6 heteroatoms. The first kappa shape index (κ1) is 16.3. The van der Waals surface area contributed by atoms with Crippen LogP contribution in [0.4, 0.5) is 5.69 Å². The summed E-state index contributed by atoms with van der Waals surface area (Å²) >= 11 is 0. The highest BCUT2D eigenvalue weighted by Gasteiger charge is 2.17. The number of hydrogen-bond acceptors (Lipinski definition) is 4. The number of H-pyrrole nitrogens is 1. The molecule has 3 aromatic rings. The number of anilines is 1. The first-order valence-corrected chi connectivity index (χ1v) is 8.88. The topological polar surface area (TPSA) is 73.9 Å². The van der Waals surface area contributed by atoms with E-state index >= 15 is 0 Å². The SMILES string of the molecule is O=C(NCCCN1CCc2ccccc21)c1cc(-c2ccncc2)n[nH]1. The average Bonchev–Trinajstić information content (AvgIpc) is 3.33. The van der Waals surface area contributed by atoms with Gasteiger partial charge in [-0.25, -0.2) is 0 Å². The zero-order valence-electron chi connectivity index (χ0n) is 14.5. The Kier molecular flexibility index (Phi) is 4.64. The summed E-state index contributed by atoms with van der Waals surface area (Å²) in [4.78, 5) is 18.7. The highest BCUT2D eigenvalue weighted by molar-refractivity contribution is 5.93. The van der Waals surface area contributed by atoms with Gasteiger partial charge in [-0.2, -0.15) is 5.10 Å². The van der Waals surface area contributed by atoms with Crippen LogP contribution < -0.4 is 10.2 Å². The van der Waals surface area contributed by atoms with Gasteiger partial charge in [0, 0.05) is 43.3 Å². The smallest absolute Gasteiger partial charge is 0.269 e. The highest BCUT2D eigenvalue weighted by atomic mass is 16.1. The van der Waals surface area contributed by atoms with E-state index in [0.29, 0.717) is 12.2 Å². The van der Waals surface area contributed by atoms with Crippen molar-refractivity contribution in [3.8, 4) is 11.3 Å². The fraction of sp³-hybridized carbons (Fsp3) is 0.250. The lowest BCUT2D eigenvalue weighted by molar-refractivity contribution is 0.0948. The third-order valence-electron chi connectivity index (χ3n) is 4.67. The largest absolute Gasteiger partial charge is 0.371 e. The van der Waals surface area contributed by atoms with E-state index in [0.717, 1.165) is 37.2 Å². The standard InChI is InChI=1S/C20H21N5O/c26-20(18-14-17(23-24-18)15-6-10-21-11-7-15)22-9-3-12-25-13-8-16-4-1-2-5-19(16)25/h1-2,4-7,10-11,14H,3,8-9,12-13H2,(H,22,26)(H,23,24). The van der Waals surface area contributed by atoms with Gasteiger partial charge >= 0.3 is 0 Å². The Morgan fingerprint density at radius 2 is 2.04 bits per heavy atom. The molecule has 0 saturated carbocycles. The summed E-state index contributed by atoms with van der Waals surface area (Å²) in [6.07, 6.45) is 5.43. The number of carbonyl (C=O) groups is 1. The molecule has 3 heterocycles. The molecule has 0 aliphatic carbocycles. The van der Waals surface area contributed by atoms with Gasteiger partial charge in [0.05, 0.1) is 5.69 Å². The lowest BCUT2D eigenvalue weighted by atomic mass is 10.2. The molecular weight excluding hydrogens is 326 g/mol. The molecule has 0 unspecified atom stereocenters. The minimum atomic E-state index is -0.125. The molecule has 0 bridgehead atoms. The average molecular weight is 347 g/mol. The molecule has 0 saturated heterocycles. The third kappa shape index (κ3) is 3.44. The van der Waals surface area contributed by atoms with Gasteiger partial charge < -0.3 is 10.2 Å². The summed E-state index contributed by atoms with van der Waals surface area (Å²) in [5.41, 5.74) is 4.89. The predicted octanol–water partition coefficient (Wildman–Crippen LogP) is 2.65. The van der Waals surface area contributed by atoms with E-state index in [-0.39, 0.29) is 5.91 Å². The van der Waals surface area contributed by atoms with Crippen LogP contribution in [-0.2, 0) is 6.42 Å². The summed E-state index contributed by atoms with van der Waals surface area (Å²) in [6, 6.07) is 14.0. The van der Waals surface area contributed by atoms with Crippen LogP contribution in [0.3, 0.4) is 0 Å². The van der Waals surface area contributed by atoms with Gasteiger partial charge in [-0.3, -0.25) is 14.9 Å². The Labute approximate surface area is 152 Å². The molecule has 2 N–H and O–H groups in total. The molecular formula is C20H21N5O. The second-order valence-electron chi connectivity index (χ2n) is 6.38. The molecule has 4 rings (SSSR count). The Morgan fingerprint density at radius 1 is 1.19 bits per heavy atom.